The molecular weight excluding hydrogens is 262 g/mol. The van der Waals surface area contributed by atoms with Crippen LogP contribution in [0, 0.1) is 18.8 Å². The third-order valence-corrected chi connectivity index (χ3v) is 3.13. The van der Waals surface area contributed by atoms with Crippen LogP contribution in [0.1, 0.15) is 18.1 Å². The van der Waals surface area contributed by atoms with Crippen molar-refractivity contribution in [2.75, 3.05) is 11.4 Å². The van der Waals surface area contributed by atoms with E-state index in [2.05, 4.69) is 11.8 Å². The minimum atomic E-state index is -0.282. The van der Waals surface area contributed by atoms with Gasteiger partial charge in [0.2, 0.25) is 0 Å². The van der Waals surface area contributed by atoms with Crippen molar-refractivity contribution in [3.63, 3.8) is 0 Å². The van der Waals surface area contributed by atoms with E-state index in [9.17, 15) is 9.90 Å². The van der Waals surface area contributed by atoms with Gasteiger partial charge in [-0.2, -0.15) is 0 Å². The molecule has 3 heteroatoms. The van der Waals surface area contributed by atoms with Crippen LogP contribution < -0.4 is 4.90 Å². The number of nitrogens with zero attached hydrogens (tertiary/aromatic N) is 1. The number of benzene rings is 2. The Hall–Kier alpha value is -2.73. The summed E-state index contributed by atoms with van der Waals surface area (Å²) in [5.41, 5.74) is 2.41. The Morgan fingerprint density at radius 2 is 1.90 bits per heavy atom. The molecule has 0 saturated heterocycles. The summed E-state index contributed by atoms with van der Waals surface area (Å²) in [6, 6.07) is 14.4. The smallest absolute Gasteiger partial charge is 0.303 e. The minimum absolute atomic E-state index is 0.137. The average molecular weight is 279 g/mol. The zero-order chi connectivity index (χ0) is 15.2. The zero-order valence-corrected chi connectivity index (χ0v) is 12.1. The topological polar surface area (TPSA) is 40.5 Å². The van der Waals surface area contributed by atoms with Crippen molar-refractivity contribution in [3.05, 3.63) is 59.7 Å². The van der Waals surface area contributed by atoms with Gasteiger partial charge >= 0.3 is 5.91 Å². The fraction of sp³-hybridized carbons (Fsp3) is 0.167. The van der Waals surface area contributed by atoms with Gasteiger partial charge < -0.3 is 10.0 Å². The Kier molecular flexibility index (Phi) is 4.63. The Morgan fingerprint density at radius 3 is 2.57 bits per heavy atom. The molecule has 106 valence electrons. The Bertz CT molecular complexity index is 696. The van der Waals surface area contributed by atoms with Crippen molar-refractivity contribution in [2.24, 2.45) is 0 Å². The van der Waals surface area contributed by atoms with E-state index < -0.39 is 0 Å². The van der Waals surface area contributed by atoms with Gasteiger partial charge in [0.25, 0.3) is 0 Å². The molecule has 0 spiro atoms. The second kappa shape index (κ2) is 6.62. The van der Waals surface area contributed by atoms with Crippen molar-refractivity contribution in [1.82, 2.24) is 0 Å². The normalized spacial score (nSPS) is 9.62. The molecule has 0 aliphatic rings. The number of aryl methyl sites for hydroxylation is 1. The molecule has 0 radical (unpaired) electrons. The first-order valence-corrected chi connectivity index (χ1v) is 6.80. The highest BCUT2D eigenvalue weighted by molar-refractivity contribution is 6.06. The molecular formula is C18H17NO2. The van der Waals surface area contributed by atoms with Crippen LogP contribution in [0.5, 0.6) is 5.75 Å². The lowest BCUT2D eigenvalue weighted by Crippen LogP contribution is -2.29. The maximum atomic E-state index is 12.3. The maximum Gasteiger partial charge on any atom is 0.303 e. The highest BCUT2D eigenvalue weighted by Gasteiger charge is 2.14. The highest BCUT2D eigenvalue weighted by atomic mass is 16.3. The van der Waals surface area contributed by atoms with Crippen molar-refractivity contribution in [1.29, 1.82) is 0 Å². The molecule has 0 aliphatic carbocycles. The molecule has 2 aromatic carbocycles. The zero-order valence-electron chi connectivity index (χ0n) is 12.1. The summed E-state index contributed by atoms with van der Waals surface area (Å²) in [7, 11) is 0. The number of rotatable bonds is 2. The molecule has 3 nitrogen and oxygen atoms in total. The summed E-state index contributed by atoms with van der Waals surface area (Å²) < 4.78 is 0. The molecule has 0 aliphatic heterocycles. The van der Waals surface area contributed by atoms with E-state index in [1.54, 1.807) is 23.1 Å². The van der Waals surface area contributed by atoms with E-state index in [0.29, 0.717) is 12.2 Å². The number of aromatic hydroxyl groups is 1. The van der Waals surface area contributed by atoms with Gasteiger partial charge in [0, 0.05) is 24.1 Å². The van der Waals surface area contributed by atoms with Crippen LogP contribution in [-0.2, 0) is 4.79 Å². The van der Waals surface area contributed by atoms with E-state index in [4.69, 9.17) is 0 Å². The molecule has 0 heterocycles. The summed E-state index contributed by atoms with van der Waals surface area (Å²) in [6.45, 7) is 4.27. The van der Waals surface area contributed by atoms with Crippen molar-refractivity contribution < 1.29 is 9.90 Å². The van der Waals surface area contributed by atoms with Gasteiger partial charge in [0.05, 0.1) is 5.69 Å². The van der Waals surface area contributed by atoms with E-state index in [0.717, 1.165) is 11.1 Å². The lowest BCUT2D eigenvalue weighted by Gasteiger charge is -2.20. The van der Waals surface area contributed by atoms with Crippen LogP contribution >= 0.6 is 0 Å². The van der Waals surface area contributed by atoms with Crippen LogP contribution in [0.3, 0.4) is 0 Å². The van der Waals surface area contributed by atoms with Crippen LogP contribution in [0.2, 0.25) is 0 Å². The number of carbonyl (C=O) groups is 1. The maximum absolute atomic E-state index is 12.3. The van der Waals surface area contributed by atoms with E-state index in [1.165, 1.54) is 0 Å². The SMILES string of the molecule is CCN(C(=O)C#Cc1ccccc1)c1cc(O)ccc1C. The molecule has 0 fully saturated rings. The van der Waals surface area contributed by atoms with Crippen LogP contribution in [0.25, 0.3) is 0 Å². The van der Waals surface area contributed by atoms with Gasteiger partial charge in [-0.1, -0.05) is 30.2 Å². The summed E-state index contributed by atoms with van der Waals surface area (Å²) >= 11 is 0. The number of phenols is 1. The number of carbonyl (C=O) groups excluding carboxylic acids is 1. The molecule has 0 unspecified atom stereocenters. The molecule has 1 amide bonds. The predicted octanol–water partition coefficient (Wildman–Crippen LogP) is 3.11. The molecule has 0 atom stereocenters. The number of hydrogen-bond acceptors (Lipinski definition) is 2. The Labute approximate surface area is 124 Å². The molecule has 2 aromatic rings. The lowest BCUT2D eigenvalue weighted by atomic mass is 10.1. The second-order valence-electron chi connectivity index (χ2n) is 4.64. The summed E-state index contributed by atoms with van der Waals surface area (Å²) in [4.78, 5) is 13.8. The first kappa shape index (κ1) is 14.7. The summed E-state index contributed by atoms with van der Waals surface area (Å²) in [5.74, 6) is 5.36. The number of phenolic OH excluding ortho intramolecular Hbond substituents is 1. The Balaban J connectivity index is 2.28. The van der Waals surface area contributed by atoms with Crippen LogP contribution in [0.4, 0.5) is 5.69 Å². The fourth-order valence-corrected chi connectivity index (χ4v) is 2.03. The average Bonchev–Trinajstić information content (AvgIpc) is 2.50. The third-order valence-electron chi connectivity index (χ3n) is 3.13. The largest absolute Gasteiger partial charge is 0.508 e. The molecule has 0 saturated carbocycles. The van der Waals surface area contributed by atoms with Gasteiger partial charge in [-0.3, -0.25) is 4.79 Å². The number of anilines is 1. The van der Waals surface area contributed by atoms with E-state index >= 15 is 0 Å². The summed E-state index contributed by atoms with van der Waals surface area (Å²) in [6.07, 6.45) is 0. The quantitative estimate of drug-likeness (QED) is 0.858. The standard InChI is InChI=1S/C18H17NO2/c1-3-19(17-13-16(20)11-9-14(17)2)18(21)12-10-15-7-5-4-6-8-15/h4-9,11,13,20H,3H2,1-2H3. The van der Waals surface area contributed by atoms with Gasteiger partial charge in [-0.25, -0.2) is 0 Å². The van der Waals surface area contributed by atoms with Gasteiger partial charge in [-0.15, -0.1) is 0 Å². The van der Waals surface area contributed by atoms with E-state index in [-0.39, 0.29) is 11.7 Å². The number of hydrogen-bond donors (Lipinski definition) is 1. The van der Waals surface area contributed by atoms with Crippen LogP contribution in [-0.4, -0.2) is 17.6 Å². The van der Waals surface area contributed by atoms with Gasteiger partial charge in [0.15, 0.2) is 0 Å². The third kappa shape index (κ3) is 3.64. The molecule has 0 aromatic heterocycles. The van der Waals surface area contributed by atoms with Gasteiger partial charge in [-0.05, 0) is 37.6 Å². The predicted molar refractivity (Wildman–Crippen MR) is 84.2 cm³/mol. The highest BCUT2D eigenvalue weighted by Crippen LogP contribution is 2.24. The molecule has 1 N–H and O–H groups in total. The summed E-state index contributed by atoms with van der Waals surface area (Å²) in [5, 5.41) is 9.60. The molecule has 0 bridgehead atoms. The Morgan fingerprint density at radius 1 is 1.19 bits per heavy atom. The molecule has 21 heavy (non-hydrogen) atoms. The minimum Gasteiger partial charge on any atom is -0.508 e. The monoisotopic (exact) mass is 279 g/mol. The second-order valence-corrected chi connectivity index (χ2v) is 4.64. The van der Waals surface area contributed by atoms with Crippen molar-refractivity contribution >= 4 is 11.6 Å². The van der Waals surface area contributed by atoms with Crippen molar-refractivity contribution in [3.8, 4) is 17.6 Å². The number of amides is 1. The van der Waals surface area contributed by atoms with E-state index in [1.807, 2.05) is 44.2 Å². The van der Waals surface area contributed by atoms with Crippen molar-refractivity contribution in [2.45, 2.75) is 13.8 Å². The van der Waals surface area contributed by atoms with Gasteiger partial charge in [0.1, 0.15) is 5.75 Å². The first-order valence-electron chi connectivity index (χ1n) is 6.80. The fourth-order valence-electron chi connectivity index (χ4n) is 2.03. The van der Waals surface area contributed by atoms with Crippen LogP contribution in [0.15, 0.2) is 48.5 Å². The lowest BCUT2D eigenvalue weighted by molar-refractivity contribution is -0.113. The first-order chi connectivity index (χ1) is 10.1. The molecule has 2 rings (SSSR count).